The number of hydrogen-bond donors (Lipinski definition) is 3. The Balaban J connectivity index is 2.13. The zero-order valence-corrected chi connectivity index (χ0v) is 13.3. The van der Waals surface area contributed by atoms with Crippen molar-refractivity contribution in [1.29, 1.82) is 0 Å². The van der Waals surface area contributed by atoms with Gasteiger partial charge < -0.3 is 9.26 Å². The predicted octanol–water partition coefficient (Wildman–Crippen LogP) is 4.30. The predicted molar refractivity (Wildman–Crippen MR) is 82.8 cm³/mol. The molecule has 1 heterocycles. The lowest BCUT2D eigenvalue weighted by atomic mass is 10.2. The summed E-state index contributed by atoms with van der Waals surface area (Å²) >= 11 is 0. The molecule has 0 fully saturated rings. The molecule has 0 atom stereocenters. The lowest BCUT2D eigenvalue weighted by molar-refractivity contribution is 0.131. The molecule has 116 valence electrons. The van der Waals surface area contributed by atoms with Gasteiger partial charge in [0.25, 0.3) is 0 Å². The normalized spacial score (nSPS) is 13.0. The molecular formula is C14H20N2O4S. The number of ether oxygens (including phenoxy) is 1. The number of nitrogens with one attached hydrogen (secondary N) is 1. The van der Waals surface area contributed by atoms with Crippen molar-refractivity contribution in [3.63, 3.8) is 0 Å². The molecule has 2 rings (SSSR count). The summed E-state index contributed by atoms with van der Waals surface area (Å²) in [5.41, 5.74) is -0.305. The molecule has 1 aromatic carbocycles. The van der Waals surface area contributed by atoms with Crippen molar-refractivity contribution in [1.82, 2.24) is 5.16 Å². The smallest absolute Gasteiger partial charge is 0.187 e. The van der Waals surface area contributed by atoms with E-state index in [2.05, 4.69) is 9.88 Å². The summed E-state index contributed by atoms with van der Waals surface area (Å²) in [4.78, 5) is 0.351. The van der Waals surface area contributed by atoms with Crippen molar-refractivity contribution in [2.24, 2.45) is 0 Å². The van der Waals surface area contributed by atoms with Gasteiger partial charge in [0.2, 0.25) is 0 Å². The molecule has 21 heavy (non-hydrogen) atoms. The Morgan fingerprint density at radius 1 is 1.19 bits per heavy atom. The summed E-state index contributed by atoms with van der Waals surface area (Å²) in [5.74, 6) is 1.53. The van der Waals surface area contributed by atoms with Gasteiger partial charge in [0, 0.05) is 6.07 Å². The van der Waals surface area contributed by atoms with Crippen LogP contribution in [0.3, 0.4) is 0 Å². The Hall–Kier alpha value is -1.70. The van der Waals surface area contributed by atoms with Crippen LogP contribution in [0.1, 0.15) is 26.5 Å². The monoisotopic (exact) mass is 312 g/mol. The minimum Gasteiger partial charge on any atom is -0.488 e. The van der Waals surface area contributed by atoms with Crippen LogP contribution in [0, 0.1) is 6.92 Å². The third-order valence-corrected chi connectivity index (χ3v) is 3.87. The Labute approximate surface area is 125 Å². The van der Waals surface area contributed by atoms with E-state index in [-0.39, 0.29) is 11.4 Å². The molecule has 0 aliphatic heterocycles. The van der Waals surface area contributed by atoms with Crippen LogP contribution < -0.4 is 9.46 Å². The van der Waals surface area contributed by atoms with Gasteiger partial charge in [-0.2, -0.15) is 0 Å². The molecule has 1 aromatic heterocycles. The van der Waals surface area contributed by atoms with Crippen LogP contribution in [0.4, 0.5) is 5.82 Å². The molecule has 0 saturated heterocycles. The number of aryl methyl sites for hydroxylation is 1. The molecule has 7 heteroatoms. The minimum absolute atomic E-state index is 0.280. The number of aromatic nitrogens is 1. The summed E-state index contributed by atoms with van der Waals surface area (Å²) < 4.78 is 33.5. The van der Waals surface area contributed by atoms with Gasteiger partial charge in [0.1, 0.15) is 17.1 Å². The molecule has 3 N–H and O–H groups in total. The van der Waals surface area contributed by atoms with Gasteiger partial charge in [-0.3, -0.25) is 13.8 Å². The first-order valence-corrected chi connectivity index (χ1v) is 7.99. The molecule has 0 aliphatic rings. The summed E-state index contributed by atoms with van der Waals surface area (Å²) in [6.07, 6.45) is 0. The van der Waals surface area contributed by atoms with E-state index < -0.39 is 10.8 Å². The highest BCUT2D eigenvalue weighted by Crippen LogP contribution is 2.47. The standard InChI is InChI=1S/C14H20N2O4S/c1-10-9-13(15-20-10)16-21(17,18)12-7-5-11(6-8-12)19-14(2,3)4/h5-9,17-18H,1-4H3,(H,15,16). The maximum Gasteiger partial charge on any atom is 0.187 e. The summed E-state index contributed by atoms with van der Waals surface area (Å²) in [6.45, 7) is 7.57. The zero-order valence-electron chi connectivity index (χ0n) is 12.5. The fraction of sp³-hybridized carbons (Fsp3) is 0.357. The highest BCUT2D eigenvalue weighted by molar-refractivity contribution is 8.25. The Kier molecular flexibility index (Phi) is 4.18. The van der Waals surface area contributed by atoms with E-state index in [4.69, 9.17) is 9.26 Å². The van der Waals surface area contributed by atoms with Crippen LogP contribution in [-0.2, 0) is 0 Å². The van der Waals surface area contributed by atoms with E-state index in [1.54, 1.807) is 37.3 Å². The van der Waals surface area contributed by atoms with Gasteiger partial charge in [0.05, 0.1) is 4.90 Å². The summed E-state index contributed by atoms with van der Waals surface area (Å²) in [5, 5.41) is 3.68. The molecule has 0 unspecified atom stereocenters. The minimum atomic E-state index is -3.19. The molecule has 0 spiro atoms. The van der Waals surface area contributed by atoms with E-state index in [0.717, 1.165) is 0 Å². The van der Waals surface area contributed by atoms with Gasteiger partial charge in [-0.15, -0.1) is 0 Å². The average molecular weight is 312 g/mol. The van der Waals surface area contributed by atoms with Crippen molar-refractivity contribution in [3.8, 4) is 5.75 Å². The fourth-order valence-electron chi connectivity index (χ4n) is 1.67. The van der Waals surface area contributed by atoms with E-state index in [9.17, 15) is 9.11 Å². The molecule has 2 aromatic rings. The second-order valence-electron chi connectivity index (χ2n) is 5.66. The highest BCUT2D eigenvalue weighted by atomic mass is 32.3. The Morgan fingerprint density at radius 3 is 2.29 bits per heavy atom. The lowest BCUT2D eigenvalue weighted by Crippen LogP contribution is -2.22. The van der Waals surface area contributed by atoms with Crippen molar-refractivity contribution < 1.29 is 18.4 Å². The first kappa shape index (κ1) is 15.7. The van der Waals surface area contributed by atoms with Gasteiger partial charge in [-0.05, 0) is 52.0 Å². The second kappa shape index (κ2) is 5.59. The number of hydrogen-bond acceptors (Lipinski definition) is 6. The van der Waals surface area contributed by atoms with Gasteiger partial charge in [-0.25, -0.2) is 0 Å². The molecule has 6 nitrogen and oxygen atoms in total. The molecule has 0 saturated carbocycles. The zero-order chi connectivity index (χ0) is 15.7. The van der Waals surface area contributed by atoms with Gasteiger partial charge >= 0.3 is 0 Å². The number of rotatable bonds is 4. The molecular weight excluding hydrogens is 292 g/mol. The van der Waals surface area contributed by atoms with Gasteiger partial charge in [0.15, 0.2) is 5.82 Å². The highest BCUT2D eigenvalue weighted by Gasteiger charge is 2.18. The number of benzene rings is 1. The maximum absolute atomic E-state index is 10.2. The SMILES string of the molecule is Cc1cc(NS(O)(O)c2ccc(OC(C)(C)C)cc2)no1. The molecule has 0 radical (unpaired) electrons. The third-order valence-electron chi connectivity index (χ3n) is 2.45. The van der Waals surface area contributed by atoms with Crippen LogP contribution in [0.25, 0.3) is 0 Å². The average Bonchev–Trinajstić information content (AvgIpc) is 2.72. The quantitative estimate of drug-likeness (QED) is 0.780. The van der Waals surface area contributed by atoms with Gasteiger partial charge in [-0.1, -0.05) is 15.9 Å². The largest absolute Gasteiger partial charge is 0.488 e. The van der Waals surface area contributed by atoms with E-state index in [0.29, 0.717) is 16.4 Å². The molecule has 0 amide bonds. The molecule has 0 aliphatic carbocycles. The number of nitrogens with zero attached hydrogens (tertiary/aromatic N) is 1. The Bertz CT molecular complexity index is 602. The van der Waals surface area contributed by atoms with E-state index in [1.807, 2.05) is 20.8 Å². The molecule has 0 bridgehead atoms. The van der Waals surface area contributed by atoms with Crippen LogP contribution in [-0.4, -0.2) is 19.9 Å². The van der Waals surface area contributed by atoms with Crippen molar-refractivity contribution >= 4 is 16.6 Å². The topological polar surface area (TPSA) is 87.8 Å². The van der Waals surface area contributed by atoms with Crippen LogP contribution >= 0.6 is 10.8 Å². The van der Waals surface area contributed by atoms with Crippen LogP contribution in [0.15, 0.2) is 39.8 Å². The maximum atomic E-state index is 10.2. The Morgan fingerprint density at radius 2 is 1.81 bits per heavy atom. The first-order valence-electron chi connectivity index (χ1n) is 6.44. The number of anilines is 1. The first-order chi connectivity index (χ1) is 9.66. The van der Waals surface area contributed by atoms with Crippen molar-refractivity contribution in [2.45, 2.75) is 38.2 Å². The van der Waals surface area contributed by atoms with Crippen molar-refractivity contribution in [2.75, 3.05) is 4.72 Å². The second-order valence-corrected chi connectivity index (χ2v) is 7.43. The van der Waals surface area contributed by atoms with Crippen LogP contribution in [0.5, 0.6) is 5.75 Å². The summed E-state index contributed by atoms with van der Waals surface area (Å²) in [6, 6.07) is 8.20. The third kappa shape index (κ3) is 4.38. The van der Waals surface area contributed by atoms with Crippen LogP contribution in [0.2, 0.25) is 0 Å². The van der Waals surface area contributed by atoms with E-state index >= 15 is 0 Å². The van der Waals surface area contributed by atoms with E-state index in [1.165, 1.54) is 0 Å². The van der Waals surface area contributed by atoms with Crippen molar-refractivity contribution in [3.05, 3.63) is 36.1 Å². The lowest BCUT2D eigenvalue weighted by Gasteiger charge is -2.32. The summed E-state index contributed by atoms with van der Waals surface area (Å²) in [7, 11) is -3.19. The fourth-order valence-corrected chi connectivity index (χ4v) is 2.69.